The Morgan fingerprint density at radius 3 is 2.71 bits per heavy atom. The molecule has 0 aromatic carbocycles. The van der Waals surface area contributed by atoms with Crippen molar-refractivity contribution in [3.8, 4) is 0 Å². The van der Waals surface area contributed by atoms with Crippen LogP contribution in [0.15, 0.2) is 10.4 Å². The molecule has 1 N–H and O–H groups in total. The molecule has 1 saturated carbocycles. The third-order valence-electron chi connectivity index (χ3n) is 6.36. The van der Waals surface area contributed by atoms with Crippen LogP contribution in [0.5, 0.6) is 0 Å². The minimum Gasteiger partial charge on any atom is -0.379 e. The van der Waals surface area contributed by atoms with E-state index in [1.165, 1.54) is 32.1 Å². The van der Waals surface area contributed by atoms with Gasteiger partial charge in [0, 0.05) is 44.7 Å². The molecule has 31 heavy (non-hydrogen) atoms. The number of aromatic nitrogens is 1. The average Bonchev–Trinajstić information content (AvgIpc) is 3.25. The van der Waals surface area contributed by atoms with Crippen molar-refractivity contribution in [2.24, 2.45) is 4.99 Å². The molecule has 178 valence electrons. The number of ether oxygens (including phenoxy) is 2. The summed E-state index contributed by atoms with van der Waals surface area (Å²) in [6.45, 7) is 10.4. The Balaban J connectivity index is 0.00000341. The van der Waals surface area contributed by atoms with Gasteiger partial charge in [0.1, 0.15) is 11.1 Å². The summed E-state index contributed by atoms with van der Waals surface area (Å²) in [5, 5.41) is 6.64. The molecule has 1 unspecified atom stereocenters. The van der Waals surface area contributed by atoms with Crippen molar-refractivity contribution in [2.45, 2.75) is 64.1 Å². The van der Waals surface area contributed by atoms with Gasteiger partial charge in [-0.15, -0.1) is 35.3 Å². The quantitative estimate of drug-likeness (QED) is 0.293. The van der Waals surface area contributed by atoms with Crippen molar-refractivity contribution in [3.05, 3.63) is 16.1 Å². The van der Waals surface area contributed by atoms with Crippen molar-refractivity contribution in [3.63, 3.8) is 0 Å². The summed E-state index contributed by atoms with van der Waals surface area (Å²) >= 11 is 1.66. The predicted octanol–water partition coefficient (Wildman–Crippen LogP) is 3.90. The van der Waals surface area contributed by atoms with Crippen molar-refractivity contribution < 1.29 is 9.47 Å². The van der Waals surface area contributed by atoms with Gasteiger partial charge in [0.25, 0.3) is 0 Å². The molecule has 1 aliphatic heterocycles. The van der Waals surface area contributed by atoms with Crippen LogP contribution >= 0.6 is 35.3 Å². The van der Waals surface area contributed by atoms with Gasteiger partial charge in [0.05, 0.1) is 32.0 Å². The van der Waals surface area contributed by atoms with Crippen molar-refractivity contribution in [1.29, 1.82) is 0 Å². The SMILES string of the molecule is CCNC(=NCC1(N2CCOCC2)CCCCC1)N(C)Cc1csc(C(C)OC)n1.I. The molecular formula is C22H40IN5O2S. The van der Waals surface area contributed by atoms with Gasteiger partial charge in [-0.3, -0.25) is 9.89 Å². The number of nitrogens with zero attached hydrogens (tertiary/aromatic N) is 4. The molecular weight excluding hydrogens is 525 g/mol. The van der Waals surface area contributed by atoms with Crippen LogP contribution in [0.3, 0.4) is 0 Å². The molecule has 0 amide bonds. The highest BCUT2D eigenvalue weighted by molar-refractivity contribution is 14.0. The molecule has 3 rings (SSSR count). The molecule has 1 saturated heterocycles. The lowest BCUT2D eigenvalue weighted by Crippen LogP contribution is -2.56. The molecule has 1 aliphatic carbocycles. The fraction of sp³-hybridized carbons (Fsp3) is 0.818. The van der Waals surface area contributed by atoms with Crippen LogP contribution in [0.1, 0.15) is 62.8 Å². The standard InChI is InChI=1S/C22H39N5O2S.HI/c1-5-23-21(26(3)15-19-16-30-20(25-19)18(2)28-4)24-17-22(9-7-6-8-10-22)27-11-13-29-14-12-27;/h16,18H,5-15,17H2,1-4H3,(H,23,24);1H. The summed E-state index contributed by atoms with van der Waals surface area (Å²) in [6, 6.07) is 0. The molecule has 7 nitrogen and oxygen atoms in total. The second kappa shape index (κ2) is 13.3. The number of methoxy groups -OCH3 is 1. The van der Waals surface area contributed by atoms with Crippen molar-refractivity contribution in [2.75, 3.05) is 53.6 Å². The van der Waals surface area contributed by atoms with E-state index in [0.717, 1.165) is 62.6 Å². The second-order valence-electron chi connectivity index (χ2n) is 8.47. The molecule has 0 bridgehead atoms. The monoisotopic (exact) mass is 565 g/mol. The highest BCUT2D eigenvalue weighted by atomic mass is 127. The van der Waals surface area contributed by atoms with Gasteiger partial charge in [-0.05, 0) is 26.7 Å². The van der Waals surface area contributed by atoms with E-state index in [0.29, 0.717) is 0 Å². The minimum atomic E-state index is 0. The van der Waals surface area contributed by atoms with E-state index in [1.807, 2.05) is 6.92 Å². The Kier molecular flexibility index (Phi) is 11.5. The lowest BCUT2D eigenvalue weighted by atomic mass is 9.80. The summed E-state index contributed by atoms with van der Waals surface area (Å²) in [6.07, 6.45) is 6.47. The fourth-order valence-corrected chi connectivity index (χ4v) is 5.36. The summed E-state index contributed by atoms with van der Waals surface area (Å²) in [5.74, 6) is 0.963. The minimum absolute atomic E-state index is 0. The van der Waals surface area contributed by atoms with E-state index >= 15 is 0 Å². The van der Waals surface area contributed by atoms with E-state index in [4.69, 9.17) is 19.5 Å². The Morgan fingerprint density at radius 2 is 2.06 bits per heavy atom. The third-order valence-corrected chi connectivity index (χ3v) is 7.41. The fourth-order valence-electron chi connectivity index (χ4n) is 4.51. The Hall–Kier alpha value is -0.490. The zero-order valence-corrected chi connectivity index (χ0v) is 22.7. The zero-order chi connectivity index (χ0) is 21.4. The Labute approximate surface area is 209 Å². The third kappa shape index (κ3) is 7.25. The Morgan fingerprint density at radius 1 is 1.35 bits per heavy atom. The van der Waals surface area contributed by atoms with E-state index in [1.54, 1.807) is 18.4 Å². The van der Waals surface area contributed by atoms with Gasteiger partial charge in [-0.25, -0.2) is 4.98 Å². The summed E-state index contributed by atoms with van der Waals surface area (Å²) in [5.41, 5.74) is 1.25. The normalized spacial score (nSPS) is 20.7. The first-order chi connectivity index (χ1) is 14.6. The number of hydrogen-bond donors (Lipinski definition) is 1. The molecule has 1 aromatic heterocycles. The van der Waals surface area contributed by atoms with Gasteiger partial charge >= 0.3 is 0 Å². The first kappa shape index (κ1) is 26.8. The van der Waals surface area contributed by atoms with E-state index < -0.39 is 0 Å². The molecule has 2 aliphatic rings. The van der Waals surface area contributed by atoms with Crippen LogP contribution in [0.25, 0.3) is 0 Å². The van der Waals surface area contributed by atoms with Gasteiger partial charge < -0.3 is 19.7 Å². The second-order valence-corrected chi connectivity index (χ2v) is 9.36. The smallest absolute Gasteiger partial charge is 0.194 e. The van der Waals surface area contributed by atoms with Crippen LogP contribution in [-0.2, 0) is 16.0 Å². The molecule has 1 atom stereocenters. The maximum atomic E-state index is 5.62. The van der Waals surface area contributed by atoms with E-state index in [2.05, 4.69) is 34.5 Å². The zero-order valence-electron chi connectivity index (χ0n) is 19.6. The number of nitrogens with one attached hydrogen (secondary N) is 1. The Bertz CT molecular complexity index is 675. The van der Waals surface area contributed by atoms with Gasteiger partial charge in [-0.1, -0.05) is 19.3 Å². The van der Waals surface area contributed by atoms with Gasteiger partial charge in [-0.2, -0.15) is 0 Å². The van der Waals surface area contributed by atoms with Crippen molar-refractivity contribution >= 4 is 41.3 Å². The lowest BCUT2D eigenvalue weighted by Gasteiger charge is -2.47. The van der Waals surface area contributed by atoms with E-state index in [9.17, 15) is 0 Å². The van der Waals surface area contributed by atoms with E-state index in [-0.39, 0.29) is 35.6 Å². The number of hydrogen-bond acceptors (Lipinski definition) is 6. The average molecular weight is 566 g/mol. The maximum absolute atomic E-state index is 5.62. The first-order valence-electron chi connectivity index (χ1n) is 11.4. The van der Waals surface area contributed by atoms with Crippen LogP contribution in [-0.4, -0.2) is 79.8 Å². The van der Waals surface area contributed by atoms with Crippen molar-refractivity contribution in [1.82, 2.24) is 20.1 Å². The summed E-state index contributed by atoms with van der Waals surface area (Å²) in [4.78, 5) is 14.7. The molecule has 2 heterocycles. The number of aliphatic imine (C=N–C) groups is 1. The number of thiazole rings is 1. The van der Waals surface area contributed by atoms with Crippen LogP contribution in [0.4, 0.5) is 0 Å². The largest absolute Gasteiger partial charge is 0.379 e. The molecule has 9 heteroatoms. The number of rotatable bonds is 8. The van der Waals surface area contributed by atoms with Crippen LogP contribution in [0.2, 0.25) is 0 Å². The maximum Gasteiger partial charge on any atom is 0.194 e. The molecule has 0 spiro atoms. The van der Waals surface area contributed by atoms with Gasteiger partial charge in [0.15, 0.2) is 5.96 Å². The van der Waals surface area contributed by atoms with Crippen LogP contribution < -0.4 is 5.32 Å². The number of morpholine rings is 1. The highest BCUT2D eigenvalue weighted by Gasteiger charge is 2.38. The lowest BCUT2D eigenvalue weighted by molar-refractivity contribution is -0.0334. The topological polar surface area (TPSA) is 62.2 Å². The summed E-state index contributed by atoms with van der Waals surface area (Å²) < 4.78 is 11.0. The molecule has 2 fully saturated rings. The first-order valence-corrected chi connectivity index (χ1v) is 12.3. The van der Waals surface area contributed by atoms with Gasteiger partial charge in [0.2, 0.25) is 0 Å². The highest BCUT2D eigenvalue weighted by Crippen LogP contribution is 2.34. The summed E-state index contributed by atoms with van der Waals surface area (Å²) in [7, 11) is 3.83. The number of halogens is 1. The molecule has 0 radical (unpaired) electrons. The molecule has 1 aromatic rings. The number of guanidine groups is 1. The van der Waals surface area contributed by atoms with Crippen LogP contribution in [0, 0.1) is 0 Å². The predicted molar refractivity (Wildman–Crippen MR) is 139 cm³/mol.